The van der Waals surface area contributed by atoms with E-state index in [1.54, 1.807) is 0 Å². The first-order valence-corrected chi connectivity index (χ1v) is 11.0. The van der Waals surface area contributed by atoms with Crippen molar-refractivity contribution in [2.45, 2.75) is 56.3 Å². The number of carboxylic acids is 1. The smallest absolute Gasteiger partial charge is 0.326 e. The number of nitrogens with two attached hydrogens (primary N) is 3. The van der Waals surface area contributed by atoms with Gasteiger partial charge >= 0.3 is 5.97 Å². The monoisotopic (exact) mass is 488 g/mol. The van der Waals surface area contributed by atoms with Crippen LogP contribution < -0.4 is 38.5 Å². The highest BCUT2D eigenvalue weighted by Gasteiger charge is 2.31. The van der Waals surface area contributed by atoms with Crippen molar-refractivity contribution in [2.24, 2.45) is 22.2 Å². The third-order valence-electron chi connectivity index (χ3n) is 4.79. The second-order valence-corrected chi connectivity index (χ2v) is 7.84. The van der Waals surface area contributed by atoms with E-state index < -0.39 is 60.2 Å². The van der Waals surface area contributed by atoms with Crippen LogP contribution in [0.1, 0.15) is 32.1 Å². The van der Waals surface area contributed by atoms with E-state index in [1.807, 2.05) is 0 Å². The molecule has 0 aliphatic carbocycles. The molecule has 0 aromatic heterocycles. The first kappa shape index (κ1) is 28.0. The molecule has 4 amide bonds. The molecule has 4 unspecified atom stereocenters. The third kappa shape index (κ3) is 10.4. The van der Waals surface area contributed by atoms with Gasteiger partial charge in [-0.15, -0.1) is 0 Å². The Kier molecular flexibility index (Phi) is 12.0. The molecule has 15 heteroatoms. The minimum atomic E-state index is -1.30. The van der Waals surface area contributed by atoms with Gasteiger partial charge in [0.1, 0.15) is 18.1 Å². The quantitative estimate of drug-likeness (QED) is 0.0502. The van der Waals surface area contributed by atoms with Crippen LogP contribution in [0.2, 0.25) is 0 Å². The number of nitrogens with zero attached hydrogens (tertiary/aromatic N) is 1. The lowest BCUT2D eigenvalue weighted by molar-refractivity contribution is -0.142. The fourth-order valence-corrected chi connectivity index (χ4v) is 3.35. The standard InChI is InChI=1S/C18H32N8O6S/c19-13(27)7-11(25-14(28)9-3-1-5-22-9)15(29)26-12(8-33)16(30)24-10(17(31)32)4-2-6-23-18(20)21/h9-12,22,33H,1-8H2,(H2,19,27)(H,24,30)(H,25,28)(H,26,29)(H,31,32)(H4,20,21,23). The highest BCUT2D eigenvalue weighted by Crippen LogP contribution is 2.06. The van der Waals surface area contributed by atoms with Gasteiger partial charge in [0, 0.05) is 12.3 Å². The minimum Gasteiger partial charge on any atom is -0.480 e. The molecule has 0 radical (unpaired) electrons. The van der Waals surface area contributed by atoms with Gasteiger partial charge in [0.2, 0.25) is 23.6 Å². The molecule has 0 spiro atoms. The number of carbonyl (C=O) groups excluding carboxylic acids is 4. The number of primary amides is 1. The van der Waals surface area contributed by atoms with E-state index in [1.165, 1.54) is 0 Å². The van der Waals surface area contributed by atoms with Crippen molar-refractivity contribution in [3.05, 3.63) is 0 Å². The van der Waals surface area contributed by atoms with Gasteiger partial charge in [0.25, 0.3) is 0 Å². The summed E-state index contributed by atoms with van der Waals surface area (Å²) in [6, 6.07) is -4.27. The van der Waals surface area contributed by atoms with Gasteiger partial charge < -0.3 is 43.6 Å². The molecule has 0 aromatic rings. The highest BCUT2D eigenvalue weighted by atomic mass is 32.1. The fraction of sp³-hybridized carbons (Fsp3) is 0.667. The van der Waals surface area contributed by atoms with Crippen molar-refractivity contribution in [1.29, 1.82) is 0 Å². The molecule has 1 fully saturated rings. The van der Waals surface area contributed by atoms with Crippen LogP contribution in [-0.2, 0) is 24.0 Å². The van der Waals surface area contributed by atoms with Crippen LogP contribution in [0.4, 0.5) is 0 Å². The number of nitrogens with one attached hydrogen (secondary N) is 4. The predicted octanol–water partition coefficient (Wildman–Crippen LogP) is -3.86. The van der Waals surface area contributed by atoms with Gasteiger partial charge in [-0.1, -0.05) is 0 Å². The molecular formula is C18H32N8O6S. The van der Waals surface area contributed by atoms with Crippen molar-refractivity contribution < 1.29 is 29.1 Å². The summed E-state index contributed by atoms with van der Waals surface area (Å²) in [5.41, 5.74) is 15.6. The number of amides is 4. The zero-order valence-corrected chi connectivity index (χ0v) is 19.0. The second-order valence-electron chi connectivity index (χ2n) is 7.47. The maximum absolute atomic E-state index is 12.7. The molecule has 33 heavy (non-hydrogen) atoms. The zero-order valence-electron chi connectivity index (χ0n) is 18.1. The van der Waals surface area contributed by atoms with Gasteiger partial charge in [0.15, 0.2) is 5.96 Å². The van der Waals surface area contributed by atoms with Crippen LogP contribution in [0.5, 0.6) is 0 Å². The molecule has 1 heterocycles. The number of carbonyl (C=O) groups is 5. The van der Waals surface area contributed by atoms with E-state index in [-0.39, 0.29) is 31.1 Å². The summed E-state index contributed by atoms with van der Waals surface area (Å²) in [5, 5.41) is 19.5. The van der Waals surface area contributed by atoms with E-state index in [0.717, 1.165) is 6.42 Å². The normalized spacial score (nSPS) is 17.8. The van der Waals surface area contributed by atoms with Gasteiger partial charge in [0.05, 0.1) is 12.5 Å². The van der Waals surface area contributed by atoms with E-state index in [2.05, 4.69) is 38.9 Å². The fourth-order valence-electron chi connectivity index (χ4n) is 3.09. The van der Waals surface area contributed by atoms with Gasteiger partial charge in [-0.2, -0.15) is 12.6 Å². The van der Waals surface area contributed by atoms with Crippen LogP contribution in [0, 0.1) is 0 Å². The van der Waals surface area contributed by atoms with Crippen molar-refractivity contribution in [3.8, 4) is 0 Å². The summed E-state index contributed by atoms with van der Waals surface area (Å²) in [6.07, 6.45) is 1.23. The maximum Gasteiger partial charge on any atom is 0.326 e. The third-order valence-corrected chi connectivity index (χ3v) is 5.16. The Morgan fingerprint density at radius 2 is 1.67 bits per heavy atom. The molecule has 1 aliphatic heterocycles. The average Bonchev–Trinajstić information content (AvgIpc) is 3.27. The number of hydrogen-bond acceptors (Lipinski definition) is 8. The molecule has 1 saturated heterocycles. The molecule has 0 saturated carbocycles. The Hall–Kier alpha value is -3.07. The second kappa shape index (κ2) is 14.2. The highest BCUT2D eigenvalue weighted by molar-refractivity contribution is 7.80. The molecule has 1 rings (SSSR count). The molecule has 11 N–H and O–H groups in total. The number of guanidine groups is 1. The van der Waals surface area contributed by atoms with Crippen molar-refractivity contribution >= 4 is 48.2 Å². The maximum atomic E-state index is 12.7. The van der Waals surface area contributed by atoms with Crippen LogP contribution in [0.3, 0.4) is 0 Å². The van der Waals surface area contributed by atoms with Crippen LogP contribution in [0.25, 0.3) is 0 Å². The van der Waals surface area contributed by atoms with E-state index in [4.69, 9.17) is 17.2 Å². The lowest BCUT2D eigenvalue weighted by atomic mass is 10.1. The van der Waals surface area contributed by atoms with E-state index in [9.17, 15) is 29.1 Å². The predicted molar refractivity (Wildman–Crippen MR) is 122 cm³/mol. The average molecular weight is 489 g/mol. The van der Waals surface area contributed by atoms with Crippen LogP contribution >= 0.6 is 12.6 Å². The lowest BCUT2D eigenvalue weighted by Crippen LogP contribution is -2.58. The summed E-state index contributed by atoms with van der Waals surface area (Å²) >= 11 is 4.03. The summed E-state index contributed by atoms with van der Waals surface area (Å²) < 4.78 is 0. The topological polar surface area (TPSA) is 244 Å². The van der Waals surface area contributed by atoms with Crippen LogP contribution in [0.15, 0.2) is 4.99 Å². The number of aliphatic carboxylic acids is 1. The summed E-state index contributed by atoms with van der Waals surface area (Å²) in [6.45, 7) is 0.836. The first-order chi connectivity index (χ1) is 15.5. The number of thiol groups is 1. The molecular weight excluding hydrogens is 456 g/mol. The number of carboxylic acid groups (broad SMARTS) is 1. The van der Waals surface area contributed by atoms with Crippen molar-refractivity contribution in [2.75, 3.05) is 18.8 Å². The Morgan fingerprint density at radius 3 is 2.18 bits per heavy atom. The Morgan fingerprint density at radius 1 is 1.03 bits per heavy atom. The lowest BCUT2D eigenvalue weighted by Gasteiger charge is -2.24. The van der Waals surface area contributed by atoms with Gasteiger partial charge in [-0.25, -0.2) is 4.79 Å². The molecule has 14 nitrogen and oxygen atoms in total. The Labute approximate surface area is 196 Å². The van der Waals surface area contributed by atoms with Crippen molar-refractivity contribution in [3.63, 3.8) is 0 Å². The number of hydrogen-bond donors (Lipinski definition) is 9. The van der Waals surface area contributed by atoms with E-state index in [0.29, 0.717) is 13.0 Å². The zero-order chi connectivity index (χ0) is 25.0. The van der Waals surface area contributed by atoms with Crippen LogP contribution in [-0.4, -0.2) is 83.7 Å². The van der Waals surface area contributed by atoms with Gasteiger partial charge in [-0.3, -0.25) is 24.2 Å². The first-order valence-electron chi connectivity index (χ1n) is 10.4. The largest absolute Gasteiger partial charge is 0.480 e. The SMILES string of the molecule is NC(=O)CC(NC(=O)C1CCCN1)C(=O)NC(CS)C(=O)NC(CCCN=C(N)N)C(=O)O. The summed E-state index contributed by atoms with van der Waals surface area (Å²) in [4.78, 5) is 64.1. The Bertz CT molecular complexity index is 754. The number of rotatable bonds is 14. The molecule has 0 bridgehead atoms. The summed E-state index contributed by atoms with van der Waals surface area (Å²) in [7, 11) is 0. The van der Waals surface area contributed by atoms with Crippen molar-refractivity contribution in [1.82, 2.24) is 21.3 Å². The molecule has 186 valence electrons. The van der Waals surface area contributed by atoms with E-state index >= 15 is 0 Å². The Balaban J connectivity index is 2.75. The molecule has 4 atom stereocenters. The summed E-state index contributed by atoms with van der Waals surface area (Å²) in [5.74, 6) is -4.49. The van der Waals surface area contributed by atoms with Gasteiger partial charge in [-0.05, 0) is 32.2 Å². The number of aliphatic imine (C=N–C) groups is 1. The molecule has 0 aromatic carbocycles. The minimum absolute atomic E-state index is 0.0415. The molecule has 1 aliphatic rings.